The normalized spacial score (nSPS) is 15.4. The molecule has 0 atom stereocenters. The number of aliphatic hydroxyl groups is 1. The van der Waals surface area contributed by atoms with Crippen molar-refractivity contribution in [3.8, 4) is 10.6 Å². The molecule has 3 aromatic heterocycles. The average molecular weight is 424 g/mol. The third-order valence-electron chi connectivity index (χ3n) is 5.34. The molecule has 4 heterocycles. The van der Waals surface area contributed by atoms with Gasteiger partial charge in [0.2, 0.25) is 0 Å². The Hall–Kier alpha value is -2.51. The first-order valence-corrected chi connectivity index (χ1v) is 11.3. The molecular weight excluding hydrogens is 394 g/mol. The molecule has 0 aliphatic carbocycles. The van der Waals surface area contributed by atoms with E-state index in [1.807, 2.05) is 57.3 Å². The van der Waals surface area contributed by atoms with Crippen LogP contribution in [-0.4, -0.2) is 38.7 Å². The molecule has 4 rings (SSSR count). The van der Waals surface area contributed by atoms with Gasteiger partial charge in [-0.25, -0.2) is 15.0 Å². The highest BCUT2D eigenvalue weighted by Crippen LogP contribution is 2.34. The van der Waals surface area contributed by atoms with Gasteiger partial charge in [-0.15, -0.1) is 0 Å². The SMILES string of the molecule is Cc1ccnc(Nc2cccc(-c3cnc(N4CCC(CC(C)(C)O)CC4)s3)n2)c1. The summed E-state index contributed by atoms with van der Waals surface area (Å²) in [5, 5.41) is 14.4. The number of hydrogen-bond donors (Lipinski definition) is 2. The molecule has 7 heteroatoms. The highest BCUT2D eigenvalue weighted by molar-refractivity contribution is 7.18. The third kappa shape index (κ3) is 5.34. The summed E-state index contributed by atoms with van der Waals surface area (Å²) in [4.78, 5) is 17.2. The Morgan fingerprint density at radius 3 is 2.70 bits per heavy atom. The van der Waals surface area contributed by atoms with Crippen LogP contribution in [0.3, 0.4) is 0 Å². The molecule has 0 bridgehead atoms. The lowest BCUT2D eigenvalue weighted by molar-refractivity contribution is 0.0482. The van der Waals surface area contributed by atoms with Gasteiger partial charge in [0.15, 0.2) is 5.13 Å². The van der Waals surface area contributed by atoms with Gasteiger partial charge in [-0.2, -0.15) is 0 Å². The number of anilines is 3. The van der Waals surface area contributed by atoms with Gasteiger partial charge in [0.25, 0.3) is 0 Å². The Labute approximate surface area is 182 Å². The van der Waals surface area contributed by atoms with Gasteiger partial charge >= 0.3 is 0 Å². The molecule has 2 N–H and O–H groups in total. The highest BCUT2D eigenvalue weighted by Gasteiger charge is 2.26. The number of hydrogen-bond acceptors (Lipinski definition) is 7. The first kappa shape index (κ1) is 20.8. The van der Waals surface area contributed by atoms with Crippen molar-refractivity contribution < 1.29 is 5.11 Å². The van der Waals surface area contributed by atoms with Crippen LogP contribution in [0.25, 0.3) is 10.6 Å². The molecule has 158 valence electrons. The van der Waals surface area contributed by atoms with Crippen molar-refractivity contribution in [2.75, 3.05) is 23.3 Å². The van der Waals surface area contributed by atoms with Gasteiger partial charge in [-0.1, -0.05) is 17.4 Å². The Kier molecular flexibility index (Phi) is 6.01. The smallest absolute Gasteiger partial charge is 0.185 e. The molecule has 6 nitrogen and oxygen atoms in total. The summed E-state index contributed by atoms with van der Waals surface area (Å²) in [5.74, 6) is 2.15. The first-order valence-electron chi connectivity index (χ1n) is 10.5. The van der Waals surface area contributed by atoms with Crippen LogP contribution < -0.4 is 10.2 Å². The van der Waals surface area contributed by atoms with Crippen LogP contribution in [0.15, 0.2) is 42.7 Å². The minimum absolute atomic E-state index is 0.583. The summed E-state index contributed by atoms with van der Waals surface area (Å²) in [6, 6.07) is 9.94. The van der Waals surface area contributed by atoms with Crippen LogP contribution >= 0.6 is 11.3 Å². The largest absolute Gasteiger partial charge is 0.390 e. The van der Waals surface area contributed by atoms with Crippen molar-refractivity contribution in [2.45, 2.75) is 45.6 Å². The van der Waals surface area contributed by atoms with Crippen molar-refractivity contribution in [3.63, 3.8) is 0 Å². The minimum Gasteiger partial charge on any atom is -0.390 e. The minimum atomic E-state index is -0.583. The average Bonchev–Trinajstić information content (AvgIpc) is 3.18. The Bertz CT molecular complexity index is 989. The second-order valence-corrected chi connectivity index (χ2v) is 9.71. The van der Waals surface area contributed by atoms with Gasteiger partial charge in [0.05, 0.1) is 16.2 Å². The molecule has 1 aliphatic rings. The summed E-state index contributed by atoms with van der Waals surface area (Å²) in [7, 11) is 0. The monoisotopic (exact) mass is 423 g/mol. The fraction of sp³-hybridized carbons (Fsp3) is 0.435. The van der Waals surface area contributed by atoms with Crippen LogP contribution in [0.4, 0.5) is 16.8 Å². The quantitative estimate of drug-likeness (QED) is 0.579. The van der Waals surface area contributed by atoms with E-state index >= 15 is 0 Å². The maximum absolute atomic E-state index is 10.1. The zero-order chi connectivity index (χ0) is 21.1. The molecule has 0 aromatic carbocycles. The fourth-order valence-corrected chi connectivity index (χ4v) is 4.88. The maximum Gasteiger partial charge on any atom is 0.185 e. The number of aromatic nitrogens is 3. The van der Waals surface area contributed by atoms with Crippen molar-refractivity contribution in [1.82, 2.24) is 15.0 Å². The van der Waals surface area contributed by atoms with E-state index in [-0.39, 0.29) is 0 Å². The number of pyridine rings is 2. The van der Waals surface area contributed by atoms with Gasteiger partial charge in [-0.3, -0.25) is 0 Å². The molecule has 0 amide bonds. The van der Waals surface area contributed by atoms with Gasteiger partial charge in [0.1, 0.15) is 11.6 Å². The number of piperidine rings is 1. The maximum atomic E-state index is 10.1. The highest BCUT2D eigenvalue weighted by atomic mass is 32.1. The molecule has 30 heavy (non-hydrogen) atoms. The lowest BCUT2D eigenvalue weighted by atomic mass is 9.86. The second-order valence-electron chi connectivity index (χ2n) is 8.71. The Morgan fingerprint density at radius 1 is 1.17 bits per heavy atom. The zero-order valence-electron chi connectivity index (χ0n) is 17.8. The van der Waals surface area contributed by atoms with E-state index < -0.39 is 5.60 Å². The number of aryl methyl sites for hydroxylation is 1. The molecule has 0 unspecified atom stereocenters. The molecule has 0 spiro atoms. The summed E-state index contributed by atoms with van der Waals surface area (Å²) in [5.41, 5.74) is 1.48. The summed E-state index contributed by atoms with van der Waals surface area (Å²) in [6.45, 7) is 7.82. The van der Waals surface area contributed by atoms with E-state index in [4.69, 9.17) is 4.98 Å². The topological polar surface area (TPSA) is 74.2 Å². The van der Waals surface area contributed by atoms with E-state index in [0.717, 1.165) is 65.3 Å². The van der Waals surface area contributed by atoms with E-state index in [0.29, 0.717) is 5.92 Å². The molecular formula is C23H29N5OS. The molecule has 0 radical (unpaired) electrons. The van der Waals surface area contributed by atoms with Crippen LogP contribution in [0.5, 0.6) is 0 Å². The Morgan fingerprint density at radius 2 is 1.97 bits per heavy atom. The number of thiazole rings is 1. The lowest BCUT2D eigenvalue weighted by Gasteiger charge is -2.34. The third-order valence-corrected chi connectivity index (χ3v) is 6.42. The van der Waals surface area contributed by atoms with Crippen molar-refractivity contribution in [1.29, 1.82) is 0 Å². The molecule has 1 fully saturated rings. The van der Waals surface area contributed by atoms with Crippen molar-refractivity contribution in [3.05, 3.63) is 48.3 Å². The van der Waals surface area contributed by atoms with Gasteiger partial charge in [0, 0.05) is 25.5 Å². The number of nitrogens with zero attached hydrogens (tertiary/aromatic N) is 4. The predicted octanol–water partition coefficient (Wildman–Crippen LogP) is 5.03. The zero-order valence-corrected chi connectivity index (χ0v) is 18.6. The van der Waals surface area contributed by atoms with Crippen molar-refractivity contribution >= 4 is 28.1 Å². The lowest BCUT2D eigenvalue weighted by Crippen LogP contribution is -2.36. The fourth-order valence-electron chi connectivity index (χ4n) is 3.94. The van der Waals surface area contributed by atoms with Gasteiger partial charge < -0.3 is 15.3 Å². The number of rotatable bonds is 6. The van der Waals surface area contributed by atoms with E-state index in [9.17, 15) is 5.11 Å². The molecule has 1 saturated heterocycles. The van der Waals surface area contributed by atoms with Crippen molar-refractivity contribution in [2.24, 2.45) is 5.92 Å². The van der Waals surface area contributed by atoms with Crippen LogP contribution in [0, 0.1) is 12.8 Å². The summed E-state index contributed by atoms with van der Waals surface area (Å²) in [6.07, 6.45) is 6.77. The number of nitrogens with one attached hydrogen (secondary N) is 1. The van der Waals surface area contributed by atoms with Crippen LogP contribution in [0.2, 0.25) is 0 Å². The molecule has 3 aromatic rings. The summed E-state index contributed by atoms with van der Waals surface area (Å²) < 4.78 is 0. The van der Waals surface area contributed by atoms with E-state index in [1.54, 1.807) is 17.5 Å². The molecule has 1 aliphatic heterocycles. The predicted molar refractivity (Wildman–Crippen MR) is 123 cm³/mol. The standard InChI is InChI=1S/C23H29N5OS/c1-16-7-10-24-21(13-16)27-20-6-4-5-18(26-20)19-15-25-22(30-19)28-11-8-17(9-12-28)14-23(2,3)29/h4-7,10,13,15,17,29H,8-9,11-12,14H2,1-3H3,(H,24,26,27). The Balaban J connectivity index is 1.42. The van der Waals surface area contributed by atoms with Crippen LogP contribution in [-0.2, 0) is 0 Å². The second kappa shape index (κ2) is 8.70. The van der Waals surface area contributed by atoms with E-state index in [2.05, 4.69) is 20.2 Å². The van der Waals surface area contributed by atoms with E-state index in [1.165, 1.54) is 0 Å². The van der Waals surface area contributed by atoms with Crippen LogP contribution in [0.1, 0.15) is 38.7 Å². The summed E-state index contributed by atoms with van der Waals surface area (Å²) >= 11 is 1.68. The van der Waals surface area contributed by atoms with Gasteiger partial charge in [-0.05, 0) is 75.8 Å². The molecule has 0 saturated carbocycles. The first-order chi connectivity index (χ1) is 14.4.